The predicted octanol–water partition coefficient (Wildman–Crippen LogP) is 4.08. The Morgan fingerprint density at radius 1 is 1.38 bits per heavy atom. The van der Waals surface area contributed by atoms with Gasteiger partial charge in [-0.15, -0.1) is 0 Å². The van der Waals surface area contributed by atoms with Gasteiger partial charge >= 0.3 is 0 Å². The fraction of sp³-hybridized carbons (Fsp3) is 0.750. The summed E-state index contributed by atoms with van der Waals surface area (Å²) in [4.78, 5) is 0. The molecule has 4 heteroatoms. The zero-order chi connectivity index (χ0) is 12.8. The average molecular weight is 232 g/mol. The lowest BCUT2D eigenvalue weighted by atomic mass is 10.3. The topological polar surface area (TPSA) is 17.8 Å². The Morgan fingerprint density at radius 2 is 1.88 bits per heavy atom. The fourth-order valence-corrected chi connectivity index (χ4v) is 1.37. The Morgan fingerprint density at radius 3 is 2.25 bits per heavy atom. The van der Waals surface area contributed by atoms with Crippen molar-refractivity contribution < 1.29 is 8.78 Å². The van der Waals surface area contributed by atoms with E-state index in [1.54, 1.807) is 12.3 Å². The number of rotatable bonds is 2. The molecule has 2 nitrogen and oxygen atoms in total. The normalized spacial score (nSPS) is 20.1. The molecule has 1 heterocycles. The van der Waals surface area contributed by atoms with Crippen LogP contribution in [0.2, 0.25) is 0 Å². The van der Waals surface area contributed by atoms with Crippen LogP contribution < -0.4 is 0 Å². The predicted molar refractivity (Wildman–Crippen MR) is 62.9 cm³/mol. The van der Waals surface area contributed by atoms with Gasteiger partial charge in [-0.3, -0.25) is 4.68 Å². The summed E-state index contributed by atoms with van der Waals surface area (Å²) < 4.78 is 26.7. The van der Waals surface area contributed by atoms with E-state index in [9.17, 15) is 8.78 Å². The summed E-state index contributed by atoms with van der Waals surface area (Å²) in [6.07, 6.45) is 2.28. The maximum absolute atomic E-state index is 12.6. The monoisotopic (exact) mass is 232 g/mol. The van der Waals surface area contributed by atoms with Gasteiger partial charge in [0, 0.05) is 18.3 Å². The molecule has 0 saturated heterocycles. The molecular formula is C12H22F2N2. The quantitative estimate of drug-likeness (QED) is 0.751. The van der Waals surface area contributed by atoms with Crippen molar-refractivity contribution in [3.8, 4) is 0 Å². The molecule has 0 spiro atoms. The van der Waals surface area contributed by atoms with Crippen LogP contribution in [-0.4, -0.2) is 15.7 Å². The van der Waals surface area contributed by atoms with Crippen molar-refractivity contribution >= 4 is 0 Å². The minimum absolute atomic E-state index is 0.0539. The first kappa shape index (κ1) is 15.1. The van der Waals surface area contributed by atoms with E-state index in [1.165, 1.54) is 4.68 Å². The summed E-state index contributed by atoms with van der Waals surface area (Å²) in [5.41, 5.74) is 0.886. The maximum Gasteiger partial charge on any atom is 0.272 e. The third-order valence-corrected chi connectivity index (χ3v) is 2.20. The van der Waals surface area contributed by atoms with Gasteiger partial charge in [-0.2, -0.15) is 5.10 Å². The second-order valence-corrected chi connectivity index (χ2v) is 3.10. The molecule has 0 aliphatic heterocycles. The largest absolute Gasteiger partial charge is 0.272 e. The second kappa shape index (κ2) is 6.61. The van der Waals surface area contributed by atoms with Crippen molar-refractivity contribution in [2.75, 3.05) is 0 Å². The number of hydrogen-bond donors (Lipinski definition) is 0. The van der Waals surface area contributed by atoms with Gasteiger partial charge in [0.15, 0.2) is 0 Å². The van der Waals surface area contributed by atoms with Gasteiger partial charge in [-0.1, -0.05) is 34.6 Å². The Kier molecular flexibility index (Phi) is 6.22. The number of nitrogens with zero attached hydrogens (tertiary/aromatic N) is 2. The standard InChI is InChI=1S/C8H10F2N2.2C2H6/c1-2-6-3-4-11-12(6)7-5-8(7,9)10;2*1-2/h3-4,7H,2,5H2,1H3;2*1-2H3. The zero-order valence-corrected chi connectivity index (χ0v) is 10.8. The summed E-state index contributed by atoms with van der Waals surface area (Å²) >= 11 is 0. The van der Waals surface area contributed by atoms with Gasteiger partial charge in [-0.25, -0.2) is 8.78 Å². The number of halogens is 2. The van der Waals surface area contributed by atoms with Crippen LogP contribution >= 0.6 is 0 Å². The third kappa shape index (κ3) is 3.29. The minimum atomic E-state index is -2.52. The lowest BCUT2D eigenvalue weighted by Crippen LogP contribution is -2.07. The minimum Gasteiger partial charge on any atom is -0.260 e. The Hall–Kier alpha value is -0.930. The lowest BCUT2D eigenvalue weighted by Gasteiger charge is -2.03. The van der Waals surface area contributed by atoms with E-state index in [2.05, 4.69) is 5.10 Å². The molecule has 0 amide bonds. The number of aromatic nitrogens is 2. The molecule has 16 heavy (non-hydrogen) atoms. The van der Waals surface area contributed by atoms with Crippen molar-refractivity contribution in [2.24, 2.45) is 0 Å². The molecular weight excluding hydrogens is 210 g/mol. The highest BCUT2D eigenvalue weighted by molar-refractivity contribution is 5.09. The van der Waals surface area contributed by atoms with Crippen LogP contribution in [0.15, 0.2) is 12.3 Å². The van der Waals surface area contributed by atoms with E-state index in [4.69, 9.17) is 0 Å². The first-order valence-electron chi connectivity index (χ1n) is 6.05. The lowest BCUT2D eigenvalue weighted by molar-refractivity contribution is 0.0977. The molecule has 0 aromatic carbocycles. The first-order chi connectivity index (χ1) is 7.65. The van der Waals surface area contributed by atoms with Gasteiger partial charge in [0.25, 0.3) is 5.92 Å². The highest BCUT2D eigenvalue weighted by atomic mass is 19.3. The van der Waals surface area contributed by atoms with Gasteiger partial charge in [0.2, 0.25) is 0 Å². The number of hydrogen-bond acceptors (Lipinski definition) is 1. The third-order valence-electron chi connectivity index (χ3n) is 2.20. The van der Waals surface area contributed by atoms with Crippen molar-refractivity contribution in [1.82, 2.24) is 9.78 Å². The van der Waals surface area contributed by atoms with Crippen molar-refractivity contribution in [2.45, 2.75) is 59.4 Å². The fourth-order valence-electron chi connectivity index (χ4n) is 1.37. The highest BCUT2D eigenvalue weighted by Gasteiger charge is 2.59. The molecule has 1 saturated carbocycles. The first-order valence-corrected chi connectivity index (χ1v) is 6.05. The molecule has 1 unspecified atom stereocenters. The van der Waals surface area contributed by atoms with Crippen LogP contribution in [0.4, 0.5) is 8.78 Å². The molecule has 2 rings (SSSR count). The van der Waals surface area contributed by atoms with Gasteiger partial charge in [0.05, 0.1) is 0 Å². The van der Waals surface area contributed by atoms with Crippen LogP contribution in [-0.2, 0) is 6.42 Å². The van der Waals surface area contributed by atoms with Crippen LogP contribution in [0.5, 0.6) is 0 Å². The maximum atomic E-state index is 12.6. The molecule has 1 fully saturated rings. The van der Waals surface area contributed by atoms with Gasteiger partial charge in [-0.05, 0) is 12.5 Å². The molecule has 0 radical (unpaired) electrons. The highest BCUT2D eigenvalue weighted by Crippen LogP contribution is 2.52. The number of alkyl halides is 2. The average Bonchev–Trinajstić information content (AvgIpc) is 2.77. The van der Waals surface area contributed by atoms with Crippen LogP contribution in [0.25, 0.3) is 0 Å². The van der Waals surface area contributed by atoms with Crippen molar-refractivity contribution in [1.29, 1.82) is 0 Å². The van der Waals surface area contributed by atoms with E-state index >= 15 is 0 Å². The molecule has 1 aliphatic rings. The summed E-state index contributed by atoms with van der Waals surface area (Å²) in [5, 5.41) is 3.88. The van der Waals surface area contributed by atoms with Crippen LogP contribution in [0.1, 0.15) is 52.8 Å². The van der Waals surface area contributed by atoms with Gasteiger partial charge < -0.3 is 0 Å². The van der Waals surface area contributed by atoms with Crippen molar-refractivity contribution in [3.63, 3.8) is 0 Å². The van der Waals surface area contributed by atoms with E-state index < -0.39 is 12.0 Å². The summed E-state index contributed by atoms with van der Waals surface area (Å²) in [7, 11) is 0. The summed E-state index contributed by atoms with van der Waals surface area (Å²) in [6, 6.07) is 1.11. The van der Waals surface area contributed by atoms with Crippen LogP contribution in [0.3, 0.4) is 0 Å². The molecule has 1 aromatic heterocycles. The Balaban J connectivity index is 0.000000509. The van der Waals surface area contributed by atoms with E-state index in [1.807, 2.05) is 34.6 Å². The zero-order valence-electron chi connectivity index (χ0n) is 10.8. The van der Waals surface area contributed by atoms with E-state index in [0.717, 1.165) is 12.1 Å². The van der Waals surface area contributed by atoms with Gasteiger partial charge in [0.1, 0.15) is 6.04 Å². The number of aryl methyl sites for hydroxylation is 1. The molecule has 0 bridgehead atoms. The molecule has 1 aliphatic carbocycles. The molecule has 1 atom stereocenters. The molecule has 0 N–H and O–H groups in total. The second-order valence-electron chi connectivity index (χ2n) is 3.10. The smallest absolute Gasteiger partial charge is 0.260 e. The SMILES string of the molecule is CC.CC.CCc1ccnn1C1CC1(F)F. The molecule has 94 valence electrons. The summed E-state index contributed by atoms with van der Waals surface area (Å²) in [5.74, 6) is -2.52. The van der Waals surface area contributed by atoms with E-state index in [0.29, 0.717) is 0 Å². The van der Waals surface area contributed by atoms with E-state index in [-0.39, 0.29) is 6.42 Å². The van der Waals surface area contributed by atoms with Crippen LogP contribution in [0, 0.1) is 0 Å². The van der Waals surface area contributed by atoms with Crippen molar-refractivity contribution in [3.05, 3.63) is 18.0 Å². The molecule has 1 aromatic rings. The Bertz CT molecular complexity index is 295. The Labute approximate surface area is 96.7 Å². The summed E-state index contributed by atoms with van der Waals surface area (Å²) in [6.45, 7) is 9.94.